The molecule has 0 aromatic rings. The molecule has 0 aromatic carbocycles. The number of rotatable bonds is 8. The molecule has 1 unspecified atom stereocenters. The van der Waals surface area contributed by atoms with E-state index >= 15 is 0 Å². The summed E-state index contributed by atoms with van der Waals surface area (Å²) in [4.78, 5) is 0. The van der Waals surface area contributed by atoms with Crippen LogP contribution in [0, 0.1) is 0 Å². The first-order valence-electron chi connectivity index (χ1n) is 10.6. The molecule has 3 fully saturated rings. The van der Waals surface area contributed by atoms with Crippen LogP contribution in [0.3, 0.4) is 0 Å². The molecule has 16 nitrogen and oxygen atoms in total. The molecule has 3 aliphatic heterocycles. The second-order valence-corrected chi connectivity index (χ2v) is 8.48. The quantitative estimate of drug-likeness (QED) is 0.146. The van der Waals surface area contributed by atoms with Gasteiger partial charge in [-0.15, -0.1) is 0 Å². The van der Waals surface area contributed by atoms with Gasteiger partial charge in [-0.05, 0) is 0 Å². The highest BCUT2D eigenvalue weighted by Gasteiger charge is 2.55. The van der Waals surface area contributed by atoms with Crippen molar-refractivity contribution < 1.29 is 79.9 Å². The molecule has 0 amide bonds. The third kappa shape index (κ3) is 5.37. The smallest absolute Gasteiger partial charge is 0.219 e. The predicted octanol–water partition coefficient (Wildman–Crippen LogP) is -7.57. The van der Waals surface area contributed by atoms with E-state index in [4.69, 9.17) is 28.8 Å². The van der Waals surface area contributed by atoms with Gasteiger partial charge in [-0.2, -0.15) is 0 Å². The van der Waals surface area contributed by atoms with Gasteiger partial charge in [0, 0.05) is 0 Å². The van der Waals surface area contributed by atoms with Crippen molar-refractivity contribution in [1.82, 2.24) is 0 Å². The van der Waals surface area contributed by atoms with Crippen molar-refractivity contribution in [3.05, 3.63) is 0 Å². The third-order valence-electron chi connectivity index (χ3n) is 6.10. The summed E-state index contributed by atoms with van der Waals surface area (Å²) >= 11 is 0. The summed E-state index contributed by atoms with van der Waals surface area (Å²) in [5.41, 5.74) is 0. The van der Waals surface area contributed by atoms with Crippen LogP contribution in [0.4, 0.5) is 0 Å². The minimum absolute atomic E-state index is 0.595. The monoisotopic (exact) mass is 504 g/mol. The summed E-state index contributed by atoms with van der Waals surface area (Å²) in [6.45, 7) is -2.89. The fourth-order valence-electron chi connectivity index (χ4n) is 3.92. The maximum atomic E-state index is 10.4. The van der Waals surface area contributed by atoms with Crippen molar-refractivity contribution in [2.24, 2.45) is 0 Å². The van der Waals surface area contributed by atoms with Gasteiger partial charge < -0.3 is 79.9 Å². The second-order valence-electron chi connectivity index (χ2n) is 8.48. The lowest BCUT2D eigenvalue weighted by molar-refractivity contribution is -0.345. The van der Waals surface area contributed by atoms with E-state index in [0.717, 1.165) is 0 Å². The van der Waals surface area contributed by atoms with E-state index in [0.29, 0.717) is 0 Å². The van der Waals surface area contributed by atoms with Crippen LogP contribution in [0.5, 0.6) is 0 Å². The van der Waals surface area contributed by atoms with Gasteiger partial charge in [0.15, 0.2) is 12.6 Å². The maximum Gasteiger partial charge on any atom is 0.219 e. The number of aliphatic hydroxyl groups is 11. The molecular formula is C18H32O16. The van der Waals surface area contributed by atoms with Crippen LogP contribution in [0.2, 0.25) is 0 Å². The fraction of sp³-hybridized carbons (Fsp3) is 1.00. The Morgan fingerprint density at radius 2 is 1.09 bits per heavy atom. The lowest BCUT2D eigenvalue weighted by atomic mass is 9.98. The minimum atomic E-state index is -2.49. The van der Waals surface area contributed by atoms with E-state index < -0.39 is 112 Å². The first kappa shape index (κ1) is 27.9. The zero-order valence-corrected chi connectivity index (χ0v) is 17.8. The topological polar surface area (TPSA) is 269 Å². The highest BCUT2D eigenvalue weighted by Crippen LogP contribution is 2.31. The molecule has 3 heterocycles. The normalized spacial score (nSPS) is 52.1. The molecule has 0 saturated carbocycles. The molecule has 11 N–H and O–H groups in total. The molecule has 200 valence electrons. The van der Waals surface area contributed by atoms with E-state index in [2.05, 4.69) is 0 Å². The summed E-state index contributed by atoms with van der Waals surface area (Å²) < 4.78 is 26.0. The van der Waals surface area contributed by atoms with Crippen LogP contribution >= 0.6 is 0 Å². The van der Waals surface area contributed by atoms with Gasteiger partial charge in [0.25, 0.3) is 0 Å². The van der Waals surface area contributed by atoms with Crippen molar-refractivity contribution >= 4 is 0 Å². The van der Waals surface area contributed by atoms with Gasteiger partial charge in [-0.25, -0.2) is 0 Å². The van der Waals surface area contributed by atoms with Crippen LogP contribution in [0.15, 0.2) is 0 Å². The Hall–Kier alpha value is -0.640. The number of hydrogen-bond donors (Lipinski definition) is 11. The van der Waals surface area contributed by atoms with Crippen molar-refractivity contribution in [3.63, 3.8) is 0 Å². The van der Waals surface area contributed by atoms with Gasteiger partial charge in [-0.1, -0.05) is 0 Å². The Balaban J connectivity index is 1.60. The zero-order chi connectivity index (χ0) is 25.4. The number of hydrogen-bond acceptors (Lipinski definition) is 16. The number of aliphatic hydroxyl groups excluding tert-OH is 10. The first-order valence-corrected chi connectivity index (χ1v) is 10.6. The second kappa shape index (κ2) is 11.2. The van der Waals surface area contributed by atoms with Gasteiger partial charge in [0.05, 0.1) is 19.8 Å². The van der Waals surface area contributed by atoms with E-state index in [1.807, 2.05) is 0 Å². The van der Waals surface area contributed by atoms with Crippen LogP contribution in [-0.2, 0) is 23.7 Å². The van der Waals surface area contributed by atoms with Crippen LogP contribution in [-0.4, -0.2) is 168 Å². The van der Waals surface area contributed by atoms with Crippen molar-refractivity contribution in [1.29, 1.82) is 0 Å². The van der Waals surface area contributed by atoms with E-state index in [9.17, 15) is 51.1 Å². The molecule has 34 heavy (non-hydrogen) atoms. The molecule has 14 atom stereocenters. The summed E-state index contributed by atoms with van der Waals surface area (Å²) in [6.07, 6.45) is -21.2. The summed E-state index contributed by atoms with van der Waals surface area (Å²) in [5, 5.41) is 109. The van der Waals surface area contributed by atoms with E-state index in [1.54, 1.807) is 0 Å². The Morgan fingerprint density at radius 3 is 1.62 bits per heavy atom. The average Bonchev–Trinajstić information content (AvgIpc) is 3.04. The molecule has 3 rings (SSSR count). The highest BCUT2D eigenvalue weighted by atomic mass is 16.7. The summed E-state index contributed by atoms with van der Waals surface area (Å²) in [5.74, 6) is -2.49. The van der Waals surface area contributed by atoms with Gasteiger partial charge in [-0.3, -0.25) is 0 Å². The summed E-state index contributed by atoms with van der Waals surface area (Å²) in [7, 11) is 0. The zero-order valence-electron chi connectivity index (χ0n) is 17.8. The Kier molecular flexibility index (Phi) is 9.18. The van der Waals surface area contributed by atoms with E-state index in [-0.39, 0.29) is 0 Å². The Labute approximate surface area is 192 Å². The standard InChI is InChI=1S/C18H32O16/c19-1-5-8(21)11(24)13(26)16(32-5)30-3-7-9(22)12(25)14(27)17(33-7)31-4-18(29)15(28)10(23)6(2-20)34-18/h5-17,19-29H,1-4H2/t5-,6-,7-,8+,9-,10-,11+,12+,13-,14-,15+,16+,17+,18?/m1/s1. The molecule has 0 aliphatic carbocycles. The number of ether oxygens (including phenoxy) is 5. The van der Waals surface area contributed by atoms with E-state index in [1.165, 1.54) is 0 Å². The first-order chi connectivity index (χ1) is 15.9. The van der Waals surface area contributed by atoms with Crippen molar-refractivity contribution in [2.45, 2.75) is 85.5 Å². The third-order valence-corrected chi connectivity index (χ3v) is 6.10. The molecule has 3 saturated heterocycles. The van der Waals surface area contributed by atoms with Crippen molar-refractivity contribution in [3.8, 4) is 0 Å². The fourth-order valence-corrected chi connectivity index (χ4v) is 3.92. The Morgan fingerprint density at radius 1 is 0.588 bits per heavy atom. The molecule has 3 aliphatic rings. The maximum absolute atomic E-state index is 10.4. The van der Waals surface area contributed by atoms with Crippen molar-refractivity contribution in [2.75, 3.05) is 26.4 Å². The molecule has 16 heteroatoms. The predicted molar refractivity (Wildman–Crippen MR) is 101 cm³/mol. The van der Waals surface area contributed by atoms with Gasteiger partial charge in [0.2, 0.25) is 5.79 Å². The molecule has 0 aromatic heterocycles. The lowest BCUT2D eigenvalue weighted by Crippen LogP contribution is -2.62. The molecule has 0 spiro atoms. The molecule has 0 bridgehead atoms. The average molecular weight is 504 g/mol. The van der Waals surface area contributed by atoms with Crippen LogP contribution in [0.25, 0.3) is 0 Å². The van der Waals surface area contributed by atoms with Gasteiger partial charge >= 0.3 is 0 Å². The SMILES string of the molecule is OC[C@H]1O[C@H](OC[C@H]2O[C@H](OCC3(O)O[C@H](CO)[C@@H](O)[C@@H]3O)[C@H](O)[C@@H](O)[C@@H]2O)[C@H](O)[C@@H](O)[C@H]1O. The summed E-state index contributed by atoms with van der Waals surface area (Å²) in [6, 6.07) is 0. The largest absolute Gasteiger partial charge is 0.394 e. The minimum Gasteiger partial charge on any atom is -0.394 e. The van der Waals surface area contributed by atoms with Crippen LogP contribution in [0.1, 0.15) is 0 Å². The van der Waals surface area contributed by atoms with Gasteiger partial charge in [0.1, 0.15) is 73.8 Å². The highest BCUT2D eigenvalue weighted by molar-refractivity contribution is 4.96. The Bertz CT molecular complexity index is 653. The lowest BCUT2D eigenvalue weighted by Gasteiger charge is -2.43. The molecular weight excluding hydrogens is 472 g/mol. The molecule has 0 radical (unpaired) electrons. The van der Waals surface area contributed by atoms with Crippen LogP contribution < -0.4 is 0 Å².